The first-order valence-electron chi connectivity index (χ1n) is 4.37. The van der Waals surface area contributed by atoms with E-state index < -0.39 is 0 Å². The molecule has 0 aliphatic rings. The van der Waals surface area contributed by atoms with Crippen molar-refractivity contribution in [3.63, 3.8) is 0 Å². The van der Waals surface area contributed by atoms with Crippen LogP contribution in [0.3, 0.4) is 0 Å². The third-order valence-electron chi connectivity index (χ3n) is 2.17. The molecule has 2 heteroatoms. The average molecular weight is 195 g/mol. The maximum atomic E-state index is 6.00. The number of hydrogen-bond acceptors (Lipinski definition) is 1. The second kappa shape index (κ2) is 3.08. The molecule has 0 atom stereocenters. The lowest BCUT2D eigenvalue weighted by Crippen LogP contribution is -1.84. The van der Waals surface area contributed by atoms with E-state index in [0.717, 1.165) is 16.5 Å². The molecule has 2 aromatic rings. The number of para-hydroxylation sites is 1. The zero-order valence-corrected chi connectivity index (χ0v) is 8.43. The minimum atomic E-state index is 0.399. The van der Waals surface area contributed by atoms with Crippen LogP contribution in [-0.4, -0.2) is 0 Å². The van der Waals surface area contributed by atoms with E-state index in [1.807, 2.05) is 24.3 Å². The van der Waals surface area contributed by atoms with E-state index in [0.29, 0.717) is 11.1 Å². The zero-order chi connectivity index (χ0) is 9.42. The van der Waals surface area contributed by atoms with Gasteiger partial charge in [-0.3, -0.25) is 0 Å². The van der Waals surface area contributed by atoms with Gasteiger partial charge in [-0.05, 0) is 23.6 Å². The van der Waals surface area contributed by atoms with E-state index in [1.165, 1.54) is 0 Å². The molecule has 13 heavy (non-hydrogen) atoms. The number of hydrogen-bond donors (Lipinski definition) is 0. The second-order valence-electron chi connectivity index (χ2n) is 3.44. The largest absolute Gasteiger partial charge is 0.444 e. The van der Waals surface area contributed by atoms with Gasteiger partial charge in [0.05, 0.1) is 0 Å². The smallest absolute Gasteiger partial charge is 0.198 e. The highest BCUT2D eigenvalue weighted by molar-refractivity contribution is 6.30. The molecule has 0 aliphatic heterocycles. The molecule has 0 unspecified atom stereocenters. The summed E-state index contributed by atoms with van der Waals surface area (Å²) < 4.78 is 5.43. The molecule has 1 aromatic carbocycles. The average Bonchev–Trinajstić information content (AvgIpc) is 2.39. The summed E-state index contributed by atoms with van der Waals surface area (Å²) >= 11 is 6.00. The fourth-order valence-electron chi connectivity index (χ4n) is 1.57. The van der Waals surface area contributed by atoms with Gasteiger partial charge in [-0.15, -0.1) is 0 Å². The molecule has 1 heterocycles. The SMILES string of the molecule is CC(C)c1c(Cl)oc2ccccc12. The molecule has 0 aliphatic carbocycles. The van der Waals surface area contributed by atoms with Crippen LogP contribution in [0.1, 0.15) is 25.3 Å². The number of fused-ring (bicyclic) bond motifs is 1. The third-order valence-corrected chi connectivity index (χ3v) is 2.45. The zero-order valence-electron chi connectivity index (χ0n) is 7.67. The van der Waals surface area contributed by atoms with Crippen molar-refractivity contribution in [2.75, 3.05) is 0 Å². The standard InChI is InChI=1S/C11H11ClO/c1-7(2)10-8-5-3-4-6-9(8)13-11(10)12/h3-7H,1-2H3. The lowest BCUT2D eigenvalue weighted by atomic mass is 10.0. The topological polar surface area (TPSA) is 13.1 Å². The Morgan fingerprint density at radius 3 is 2.62 bits per heavy atom. The number of rotatable bonds is 1. The van der Waals surface area contributed by atoms with Crippen LogP contribution in [0.4, 0.5) is 0 Å². The molecule has 1 nitrogen and oxygen atoms in total. The molecular weight excluding hydrogens is 184 g/mol. The van der Waals surface area contributed by atoms with Crippen LogP contribution in [0, 0.1) is 0 Å². The van der Waals surface area contributed by atoms with Gasteiger partial charge < -0.3 is 4.42 Å². The summed E-state index contributed by atoms with van der Waals surface area (Å²) in [6.45, 7) is 4.23. The van der Waals surface area contributed by atoms with Crippen molar-refractivity contribution in [1.82, 2.24) is 0 Å². The molecule has 0 bridgehead atoms. The molecule has 1 aromatic heterocycles. The van der Waals surface area contributed by atoms with E-state index in [-0.39, 0.29) is 0 Å². The Kier molecular flexibility index (Phi) is 2.04. The van der Waals surface area contributed by atoms with Crippen LogP contribution in [0.2, 0.25) is 5.22 Å². The molecule has 0 spiro atoms. The first-order valence-corrected chi connectivity index (χ1v) is 4.75. The van der Waals surface area contributed by atoms with Gasteiger partial charge in [0.15, 0.2) is 5.22 Å². The highest BCUT2D eigenvalue weighted by Gasteiger charge is 2.14. The monoisotopic (exact) mass is 194 g/mol. The van der Waals surface area contributed by atoms with Gasteiger partial charge in [0.2, 0.25) is 0 Å². The summed E-state index contributed by atoms with van der Waals surface area (Å²) in [4.78, 5) is 0. The Morgan fingerprint density at radius 2 is 1.92 bits per heavy atom. The fraction of sp³-hybridized carbons (Fsp3) is 0.273. The molecule has 0 fully saturated rings. The summed E-state index contributed by atoms with van der Waals surface area (Å²) in [7, 11) is 0. The van der Waals surface area contributed by atoms with Gasteiger partial charge in [0.25, 0.3) is 0 Å². The van der Waals surface area contributed by atoms with Crippen molar-refractivity contribution in [2.45, 2.75) is 19.8 Å². The van der Waals surface area contributed by atoms with E-state index in [1.54, 1.807) is 0 Å². The molecule has 0 amide bonds. The Bertz CT molecular complexity index is 429. The molecule has 68 valence electrons. The van der Waals surface area contributed by atoms with Gasteiger partial charge in [0.1, 0.15) is 5.58 Å². The predicted molar refractivity (Wildman–Crippen MR) is 55.3 cm³/mol. The van der Waals surface area contributed by atoms with E-state index >= 15 is 0 Å². The quantitative estimate of drug-likeness (QED) is 0.663. The summed E-state index contributed by atoms with van der Waals surface area (Å²) in [5.74, 6) is 0.399. The first kappa shape index (κ1) is 8.64. The van der Waals surface area contributed by atoms with Crippen LogP contribution in [0.25, 0.3) is 11.0 Å². The van der Waals surface area contributed by atoms with E-state index in [9.17, 15) is 0 Å². The lowest BCUT2D eigenvalue weighted by Gasteiger charge is -2.00. The Labute approximate surface area is 82.3 Å². The number of halogens is 1. The Morgan fingerprint density at radius 1 is 1.23 bits per heavy atom. The third kappa shape index (κ3) is 1.33. The van der Waals surface area contributed by atoms with Gasteiger partial charge in [-0.1, -0.05) is 32.0 Å². The molecule has 0 N–H and O–H groups in total. The van der Waals surface area contributed by atoms with Crippen molar-refractivity contribution in [3.8, 4) is 0 Å². The van der Waals surface area contributed by atoms with Crippen molar-refractivity contribution in [2.24, 2.45) is 0 Å². The van der Waals surface area contributed by atoms with Crippen molar-refractivity contribution >= 4 is 22.6 Å². The van der Waals surface area contributed by atoms with Gasteiger partial charge >= 0.3 is 0 Å². The summed E-state index contributed by atoms with van der Waals surface area (Å²) in [6.07, 6.45) is 0. The highest BCUT2D eigenvalue weighted by Crippen LogP contribution is 2.34. The summed E-state index contributed by atoms with van der Waals surface area (Å²) in [5, 5.41) is 1.65. The fourth-order valence-corrected chi connectivity index (χ4v) is 1.98. The number of furan rings is 1. The van der Waals surface area contributed by atoms with E-state index in [4.69, 9.17) is 16.0 Å². The van der Waals surface area contributed by atoms with Gasteiger partial charge in [-0.2, -0.15) is 0 Å². The normalized spacial score (nSPS) is 11.4. The van der Waals surface area contributed by atoms with Crippen LogP contribution >= 0.6 is 11.6 Å². The minimum Gasteiger partial charge on any atom is -0.444 e. The minimum absolute atomic E-state index is 0.399. The highest BCUT2D eigenvalue weighted by atomic mass is 35.5. The number of benzene rings is 1. The lowest BCUT2D eigenvalue weighted by molar-refractivity contribution is 0.609. The van der Waals surface area contributed by atoms with Crippen molar-refractivity contribution in [3.05, 3.63) is 35.0 Å². The van der Waals surface area contributed by atoms with Crippen LogP contribution in [0.5, 0.6) is 0 Å². The maximum absolute atomic E-state index is 6.00. The molecule has 0 radical (unpaired) electrons. The van der Waals surface area contributed by atoms with Crippen LogP contribution in [-0.2, 0) is 0 Å². The van der Waals surface area contributed by atoms with Crippen molar-refractivity contribution < 1.29 is 4.42 Å². The van der Waals surface area contributed by atoms with Gasteiger partial charge in [-0.25, -0.2) is 0 Å². The van der Waals surface area contributed by atoms with Gasteiger partial charge in [0, 0.05) is 10.9 Å². The first-order chi connectivity index (χ1) is 6.20. The van der Waals surface area contributed by atoms with Crippen molar-refractivity contribution in [1.29, 1.82) is 0 Å². The summed E-state index contributed by atoms with van der Waals surface area (Å²) in [5.41, 5.74) is 1.98. The Balaban J connectivity index is 2.78. The van der Waals surface area contributed by atoms with E-state index in [2.05, 4.69) is 13.8 Å². The molecule has 2 rings (SSSR count). The maximum Gasteiger partial charge on any atom is 0.198 e. The molecule has 0 saturated heterocycles. The molecule has 0 saturated carbocycles. The second-order valence-corrected chi connectivity index (χ2v) is 3.78. The molecular formula is C11H11ClO. The summed E-state index contributed by atoms with van der Waals surface area (Å²) in [6, 6.07) is 7.93. The van der Waals surface area contributed by atoms with Crippen LogP contribution in [0.15, 0.2) is 28.7 Å². The predicted octanol–water partition coefficient (Wildman–Crippen LogP) is 4.21. The Hall–Kier alpha value is -0.950. The van der Waals surface area contributed by atoms with Crippen LogP contribution < -0.4 is 0 Å².